The summed E-state index contributed by atoms with van der Waals surface area (Å²) in [7, 11) is -2.84. The number of halogens is 2. The van der Waals surface area contributed by atoms with Crippen molar-refractivity contribution in [2.75, 3.05) is 11.3 Å². The monoisotopic (exact) mass is 762 g/mol. The minimum Gasteiger partial charge on any atom is -0.464 e. The van der Waals surface area contributed by atoms with E-state index >= 15 is 8.78 Å². The lowest BCUT2D eigenvalue weighted by molar-refractivity contribution is -0.147. The van der Waals surface area contributed by atoms with E-state index in [0.29, 0.717) is 35.6 Å². The Kier molecular flexibility index (Phi) is 11.5. The van der Waals surface area contributed by atoms with Gasteiger partial charge >= 0.3 is 11.7 Å². The molecule has 0 aliphatic heterocycles. The molecule has 1 amide bonds. The first-order chi connectivity index (χ1) is 25.8. The number of amides is 1. The highest BCUT2D eigenvalue weighted by Gasteiger charge is 2.29. The number of hydrogen-bond donors (Lipinski definition) is 2. The average Bonchev–Trinajstić information content (AvgIpc) is 3.97. The second-order valence-electron chi connectivity index (χ2n) is 13.9. The Morgan fingerprint density at radius 2 is 1.52 bits per heavy atom. The number of carbonyl (C=O) groups excluding carboxylic acids is 3. The van der Waals surface area contributed by atoms with Gasteiger partial charge in [0.1, 0.15) is 23.2 Å². The van der Waals surface area contributed by atoms with Crippen LogP contribution in [0, 0.1) is 23.5 Å². The molecule has 2 fully saturated rings. The van der Waals surface area contributed by atoms with E-state index in [1.165, 1.54) is 60.3 Å². The van der Waals surface area contributed by atoms with Crippen LogP contribution in [0.5, 0.6) is 0 Å². The Morgan fingerprint density at radius 3 is 2.15 bits per heavy atom. The fraction of sp³-hybridized carbons (Fsp3) is 0.359. The van der Waals surface area contributed by atoms with Crippen LogP contribution in [-0.4, -0.2) is 47.9 Å². The van der Waals surface area contributed by atoms with Gasteiger partial charge in [0.25, 0.3) is 21.5 Å². The summed E-state index contributed by atoms with van der Waals surface area (Å²) in [4.78, 5) is 63.9. The molecule has 1 aromatic heterocycles. The van der Waals surface area contributed by atoms with E-state index in [0.717, 1.165) is 49.5 Å². The molecule has 0 bridgehead atoms. The van der Waals surface area contributed by atoms with Crippen molar-refractivity contribution in [1.29, 1.82) is 0 Å². The van der Waals surface area contributed by atoms with Crippen molar-refractivity contribution in [2.24, 2.45) is 18.9 Å². The lowest BCUT2D eigenvalue weighted by atomic mass is 9.90. The maximum absolute atomic E-state index is 15.4. The molecule has 2 aliphatic rings. The molecule has 2 saturated carbocycles. The number of Topliss-reactive ketones (excluding diaryl/α,β-unsaturated/α-hetero) is 1. The third-order valence-electron chi connectivity index (χ3n) is 9.74. The highest BCUT2D eigenvalue weighted by Crippen LogP contribution is 2.33. The van der Waals surface area contributed by atoms with Crippen molar-refractivity contribution >= 4 is 33.4 Å². The van der Waals surface area contributed by atoms with Gasteiger partial charge in [0.2, 0.25) is 0 Å². The molecule has 1 atom stereocenters. The number of nitrogens with one attached hydrogen (secondary N) is 2. The van der Waals surface area contributed by atoms with E-state index in [1.807, 2.05) is 0 Å². The van der Waals surface area contributed by atoms with Gasteiger partial charge in [-0.3, -0.25) is 19.1 Å². The molecule has 6 rings (SSSR count). The van der Waals surface area contributed by atoms with Gasteiger partial charge in [-0.15, -0.1) is 0 Å². The van der Waals surface area contributed by atoms with E-state index < -0.39 is 62.1 Å². The second-order valence-corrected chi connectivity index (χ2v) is 15.6. The number of anilines is 1. The van der Waals surface area contributed by atoms with Crippen LogP contribution in [-0.2, 0) is 33.0 Å². The topological polar surface area (TPSA) is 163 Å². The molecular formula is C39H40F2N4O8S. The zero-order chi connectivity index (χ0) is 38.6. The van der Waals surface area contributed by atoms with Crippen molar-refractivity contribution in [3.8, 4) is 5.69 Å². The summed E-state index contributed by atoms with van der Waals surface area (Å²) < 4.78 is 66.8. The molecule has 0 spiro atoms. The van der Waals surface area contributed by atoms with Crippen LogP contribution in [0.2, 0.25) is 0 Å². The summed E-state index contributed by atoms with van der Waals surface area (Å²) in [5, 5.41) is 2.38. The molecule has 0 radical (unpaired) electrons. The summed E-state index contributed by atoms with van der Waals surface area (Å²) >= 11 is 0. The largest absolute Gasteiger partial charge is 0.464 e. The first-order valence-electron chi connectivity index (χ1n) is 17.8. The van der Waals surface area contributed by atoms with Gasteiger partial charge in [-0.1, -0.05) is 43.5 Å². The molecule has 1 heterocycles. The van der Waals surface area contributed by atoms with Crippen LogP contribution >= 0.6 is 0 Å². The number of benzene rings is 3. The molecule has 2 N–H and O–H groups in total. The van der Waals surface area contributed by atoms with Crippen molar-refractivity contribution in [3.05, 3.63) is 122 Å². The Morgan fingerprint density at radius 1 is 0.870 bits per heavy atom. The van der Waals surface area contributed by atoms with E-state index in [9.17, 15) is 32.4 Å². The van der Waals surface area contributed by atoms with Gasteiger partial charge in [-0.25, -0.2) is 31.4 Å². The summed E-state index contributed by atoms with van der Waals surface area (Å²) in [5.41, 5.74) is -1.55. The molecule has 12 nitrogen and oxygen atoms in total. The van der Waals surface area contributed by atoms with E-state index in [4.69, 9.17) is 4.74 Å². The van der Waals surface area contributed by atoms with Crippen LogP contribution < -0.4 is 21.3 Å². The Balaban J connectivity index is 1.18. The molecule has 2 aliphatic carbocycles. The maximum Gasteiger partial charge on any atom is 0.335 e. The first-order valence-corrected chi connectivity index (χ1v) is 19.3. The first kappa shape index (κ1) is 38.3. The lowest BCUT2D eigenvalue weighted by Gasteiger charge is -2.23. The molecule has 0 saturated heterocycles. The van der Waals surface area contributed by atoms with Crippen LogP contribution in [0.1, 0.15) is 77.6 Å². The van der Waals surface area contributed by atoms with Crippen LogP contribution in [0.4, 0.5) is 14.5 Å². The molecule has 15 heteroatoms. The number of ether oxygens (including phenoxy) is 1. The molecule has 284 valence electrons. The zero-order valence-electron chi connectivity index (χ0n) is 29.6. The Bertz CT molecular complexity index is 2260. The molecule has 54 heavy (non-hydrogen) atoms. The summed E-state index contributed by atoms with van der Waals surface area (Å²) in [6, 6.07) is 12.4. The number of ketones is 1. The van der Waals surface area contributed by atoms with Crippen molar-refractivity contribution in [1.82, 2.24) is 14.5 Å². The van der Waals surface area contributed by atoms with Gasteiger partial charge in [0.15, 0.2) is 5.78 Å². The second kappa shape index (κ2) is 16.3. The summed E-state index contributed by atoms with van der Waals surface area (Å²) in [5.74, 6) is -4.48. The number of nitrogens with zero attached hydrogens (tertiary/aromatic N) is 2. The Hall–Kier alpha value is -5.44. The Labute approximate surface area is 310 Å². The number of carbonyl (C=O) groups is 3. The highest BCUT2D eigenvalue weighted by atomic mass is 32.2. The van der Waals surface area contributed by atoms with Crippen molar-refractivity contribution in [2.45, 2.75) is 68.7 Å². The van der Waals surface area contributed by atoms with Gasteiger partial charge < -0.3 is 14.6 Å². The fourth-order valence-corrected chi connectivity index (χ4v) is 7.52. The fourth-order valence-electron chi connectivity index (χ4n) is 6.48. The van der Waals surface area contributed by atoms with Gasteiger partial charge in [-0.2, -0.15) is 0 Å². The molecule has 4 aromatic rings. The SMILES string of the molecule is Cn1ccc(=O)n(-c2ccc(C[C@H](NC(=O)c3c(F)cc(NS(=O)(=O)c4ccc(C(=O)CC5CC5)cc4)cc3F)C(=O)OCC3CCCCC3)cc2)c1=O. The minimum atomic E-state index is -4.34. The smallest absolute Gasteiger partial charge is 0.335 e. The number of aromatic nitrogens is 2. The average molecular weight is 763 g/mol. The van der Waals surface area contributed by atoms with Crippen molar-refractivity contribution < 1.29 is 36.3 Å². The third-order valence-corrected chi connectivity index (χ3v) is 11.1. The number of aryl methyl sites for hydroxylation is 1. The highest BCUT2D eigenvalue weighted by molar-refractivity contribution is 7.92. The maximum atomic E-state index is 15.4. The lowest BCUT2D eigenvalue weighted by Crippen LogP contribution is -2.44. The number of hydrogen-bond acceptors (Lipinski definition) is 8. The predicted molar refractivity (Wildman–Crippen MR) is 195 cm³/mol. The summed E-state index contributed by atoms with van der Waals surface area (Å²) in [6.45, 7) is 0.113. The van der Waals surface area contributed by atoms with E-state index in [2.05, 4.69) is 10.0 Å². The van der Waals surface area contributed by atoms with E-state index in [1.54, 1.807) is 12.1 Å². The predicted octanol–water partition coefficient (Wildman–Crippen LogP) is 5.06. The third kappa shape index (κ3) is 9.19. The number of rotatable bonds is 14. The van der Waals surface area contributed by atoms with Gasteiger partial charge in [-0.05, 0) is 79.5 Å². The molecular weight excluding hydrogens is 723 g/mol. The zero-order valence-corrected chi connectivity index (χ0v) is 30.4. The number of sulfonamides is 1. The standard InChI is InChI=1S/C39H40F2N4O8S/c1-44-18-17-35(47)45(39(44)50)29-13-9-24(10-14-29)19-33(38(49)53-23-26-5-3-2-4-6-26)42-37(48)36-31(40)21-28(22-32(36)41)43-54(51,52)30-15-11-27(12-16-30)34(46)20-25-7-8-25/h9-18,21-22,25-26,33,43H,2-8,19-20,23H2,1H3,(H,42,48)/t33-/m0/s1. The number of esters is 1. The quantitative estimate of drug-likeness (QED) is 0.133. The van der Waals surface area contributed by atoms with Crippen LogP contribution in [0.15, 0.2) is 87.4 Å². The molecule has 0 unspecified atom stereocenters. The summed E-state index contributed by atoms with van der Waals surface area (Å²) in [6.07, 6.45) is 8.40. The normalized spacial score (nSPS) is 15.3. The molecule has 3 aromatic carbocycles. The minimum absolute atomic E-state index is 0.0978. The van der Waals surface area contributed by atoms with Crippen LogP contribution in [0.25, 0.3) is 5.69 Å². The van der Waals surface area contributed by atoms with Crippen LogP contribution in [0.3, 0.4) is 0 Å². The van der Waals surface area contributed by atoms with Gasteiger partial charge in [0, 0.05) is 37.7 Å². The van der Waals surface area contributed by atoms with E-state index in [-0.39, 0.29) is 35.3 Å². The van der Waals surface area contributed by atoms with Crippen molar-refractivity contribution in [3.63, 3.8) is 0 Å². The van der Waals surface area contributed by atoms with Gasteiger partial charge in [0.05, 0.1) is 22.9 Å².